The molecule has 4 rings (SSSR count). The Morgan fingerprint density at radius 3 is 2.82 bits per heavy atom. The highest BCUT2D eigenvalue weighted by atomic mass is 16.5. The van der Waals surface area contributed by atoms with E-state index in [0.29, 0.717) is 24.5 Å². The monoisotopic (exact) mass is 379 g/mol. The molecular formula is C21H21N3O4. The number of nitrogens with two attached hydrogens (primary N) is 1. The molecule has 3 aromatic rings. The van der Waals surface area contributed by atoms with E-state index < -0.39 is 5.91 Å². The largest absolute Gasteiger partial charge is 0.491 e. The maximum atomic E-state index is 12.3. The Balaban J connectivity index is 1.88. The summed E-state index contributed by atoms with van der Waals surface area (Å²) in [5.41, 5.74) is 8.90. The minimum Gasteiger partial charge on any atom is -0.491 e. The Hall–Kier alpha value is -3.32. The van der Waals surface area contributed by atoms with Gasteiger partial charge in [0.15, 0.2) is 0 Å². The number of aliphatic hydroxyl groups is 1. The van der Waals surface area contributed by atoms with Gasteiger partial charge in [-0.25, -0.2) is 0 Å². The molecule has 2 aromatic carbocycles. The van der Waals surface area contributed by atoms with E-state index in [0.717, 1.165) is 22.0 Å². The first-order chi connectivity index (χ1) is 13.5. The first kappa shape index (κ1) is 18.1. The van der Waals surface area contributed by atoms with Gasteiger partial charge in [-0.15, -0.1) is 0 Å². The van der Waals surface area contributed by atoms with Crippen molar-refractivity contribution in [3.8, 4) is 5.75 Å². The van der Waals surface area contributed by atoms with Gasteiger partial charge in [0.05, 0.1) is 18.8 Å². The van der Waals surface area contributed by atoms with E-state index >= 15 is 0 Å². The van der Waals surface area contributed by atoms with Crippen molar-refractivity contribution < 1.29 is 19.4 Å². The molecule has 0 saturated heterocycles. The maximum Gasteiger partial charge on any atom is 0.254 e. The minimum absolute atomic E-state index is 0.0564. The average molecular weight is 379 g/mol. The van der Waals surface area contributed by atoms with Crippen molar-refractivity contribution in [2.45, 2.75) is 12.5 Å². The highest BCUT2D eigenvalue weighted by Crippen LogP contribution is 2.43. The van der Waals surface area contributed by atoms with Crippen LogP contribution in [0, 0.1) is 0 Å². The van der Waals surface area contributed by atoms with Crippen molar-refractivity contribution in [2.24, 2.45) is 5.73 Å². The number of hydrogen-bond donors (Lipinski definition) is 3. The van der Waals surface area contributed by atoms with Crippen LogP contribution in [0.3, 0.4) is 0 Å². The molecule has 7 heteroatoms. The average Bonchev–Trinajstić information content (AvgIpc) is 3.31. The quantitative estimate of drug-likeness (QED) is 0.626. The van der Waals surface area contributed by atoms with Gasteiger partial charge in [-0.2, -0.15) is 0 Å². The smallest absolute Gasteiger partial charge is 0.254 e. The van der Waals surface area contributed by atoms with E-state index in [1.165, 1.54) is 13.1 Å². The highest BCUT2D eigenvalue weighted by Gasteiger charge is 2.32. The number of benzene rings is 2. The fraction of sp³-hybridized carbons (Fsp3) is 0.238. The number of rotatable bonds is 5. The van der Waals surface area contributed by atoms with E-state index in [2.05, 4.69) is 5.32 Å². The van der Waals surface area contributed by atoms with Crippen LogP contribution in [0.5, 0.6) is 5.75 Å². The summed E-state index contributed by atoms with van der Waals surface area (Å²) < 4.78 is 7.89. The number of nitrogens with zero attached hydrogens (tertiary/aromatic N) is 1. The van der Waals surface area contributed by atoms with Gasteiger partial charge in [0.2, 0.25) is 5.91 Å². The van der Waals surface area contributed by atoms with Crippen molar-refractivity contribution in [2.75, 3.05) is 20.3 Å². The molecule has 2 amide bonds. The van der Waals surface area contributed by atoms with Gasteiger partial charge in [-0.05, 0) is 29.8 Å². The van der Waals surface area contributed by atoms with Crippen LogP contribution in [-0.4, -0.2) is 41.7 Å². The zero-order valence-corrected chi connectivity index (χ0v) is 15.4. The second-order valence-electron chi connectivity index (χ2n) is 6.76. The van der Waals surface area contributed by atoms with Gasteiger partial charge < -0.3 is 25.5 Å². The van der Waals surface area contributed by atoms with Crippen LogP contribution in [0.2, 0.25) is 0 Å². The third-order valence-corrected chi connectivity index (χ3v) is 5.21. The minimum atomic E-state index is -0.592. The van der Waals surface area contributed by atoms with Gasteiger partial charge >= 0.3 is 0 Å². The molecule has 2 heterocycles. The molecular weight excluding hydrogens is 358 g/mol. The molecule has 28 heavy (non-hydrogen) atoms. The van der Waals surface area contributed by atoms with Crippen LogP contribution < -0.4 is 15.8 Å². The number of nitrogens with one attached hydrogen (secondary N) is 1. The number of ether oxygens (including phenoxy) is 1. The van der Waals surface area contributed by atoms with Crippen LogP contribution in [0.1, 0.15) is 37.8 Å². The molecule has 1 aliphatic rings. The zero-order chi connectivity index (χ0) is 19.8. The third kappa shape index (κ3) is 2.80. The maximum absolute atomic E-state index is 12.3. The third-order valence-electron chi connectivity index (χ3n) is 5.21. The zero-order valence-electron chi connectivity index (χ0n) is 15.4. The summed E-state index contributed by atoms with van der Waals surface area (Å²) in [5, 5.41) is 12.9. The Kier molecular flexibility index (Phi) is 4.52. The van der Waals surface area contributed by atoms with Crippen molar-refractivity contribution in [3.63, 3.8) is 0 Å². The van der Waals surface area contributed by atoms with Crippen LogP contribution >= 0.6 is 0 Å². The number of fused-ring (bicyclic) bond motifs is 2. The number of carbonyl (C=O) groups excluding carboxylic acids is 2. The van der Waals surface area contributed by atoms with E-state index in [9.17, 15) is 14.7 Å². The Bertz CT molecular complexity index is 1090. The van der Waals surface area contributed by atoms with Gasteiger partial charge in [-0.3, -0.25) is 9.59 Å². The van der Waals surface area contributed by atoms with Crippen LogP contribution in [0.25, 0.3) is 10.9 Å². The molecule has 1 atom stereocenters. The van der Waals surface area contributed by atoms with Crippen LogP contribution in [0.4, 0.5) is 0 Å². The van der Waals surface area contributed by atoms with Crippen LogP contribution in [0.15, 0.2) is 42.6 Å². The lowest BCUT2D eigenvalue weighted by Gasteiger charge is -2.13. The summed E-state index contributed by atoms with van der Waals surface area (Å²) in [5.74, 6) is -0.564. The van der Waals surface area contributed by atoms with Gasteiger partial charge in [-0.1, -0.05) is 12.1 Å². The molecule has 0 saturated carbocycles. The second-order valence-corrected chi connectivity index (χ2v) is 6.76. The van der Waals surface area contributed by atoms with Gasteiger partial charge in [0.1, 0.15) is 5.75 Å². The summed E-state index contributed by atoms with van der Waals surface area (Å²) in [6.45, 7) is 0.935. The van der Waals surface area contributed by atoms with Crippen molar-refractivity contribution in [1.29, 1.82) is 0 Å². The number of amides is 2. The fourth-order valence-corrected chi connectivity index (χ4v) is 3.88. The lowest BCUT2D eigenvalue weighted by atomic mass is 9.88. The Morgan fingerprint density at radius 2 is 2.11 bits per heavy atom. The van der Waals surface area contributed by atoms with E-state index in [1.54, 1.807) is 6.07 Å². The molecule has 4 N–H and O–H groups in total. The van der Waals surface area contributed by atoms with Crippen molar-refractivity contribution >= 4 is 22.7 Å². The summed E-state index contributed by atoms with van der Waals surface area (Å²) in [4.78, 5) is 24.1. The van der Waals surface area contributed by atoms with Crippen molar-refractivity contribution in [1.82, 2.24) is 9.88 Å². The first-order valence-electron chi connectivity index (χ1n) is 9.06. The van der Waals surface area contributed by atoms with Crippen molar-refractivity contribution in [3.05, 3.63) is 64.8 Å². The van der Waals surface area contributed by atoms with E-state index in [1.807, 2.05) is 35.0 Å². The summed E-state index contributed by atoms with van der Waals surface area (Å²) in [6.07, 6.45) is 1.94. The Morgan fingerprint density at radius 1 is 1.29 bits per heavy atom. The molecule has 0 radical (unpaired) electrons. The lowest BCUT2D eigenvalue weighted by Crippen LogP contribution is -2.20. The molecule has 1 aromatic heterocycles. The molecule has 1 aliphatic heterocycles. The molecule has 144 valence electrons. The summed E-state index contributed by atoms with van der Waals surface area (Å²) in [7, 11) is 1.53. The predicted octanol–water partition coefficient (Wildman–Crippen LogP) is 1.62. The second kappa shape index (κ2) is 7.01. The van der Waals surface area contributed by atoms with Crippen LogP contribution in [-0.2, 0) is 6.54 Å². The number of hydrogen-bond acceptors (Lipinski definition) is 4. The molecule has 0 bridgehead atoms. The SMILES string of the molecule is CNC(=O)c1cc(C(N)=O)cc2c1OCC2c1cccc2c1ccn2CCO. The number of primary amides is 1. The molecule has 0 fully saturated rings. The molecule has 0 aliphatic carbocycles. The summed E-state index contributed by atoms with van der Waals surface area (Å²) in [6, 6.07) is 11.2. The lowest BCUT2D eigenvalue weighted by molar-refractivity contribution is 0.0960. The number of carbonyl (C=O) groups is 2. The predicted molar refractivity (Wildman–Crippen MR) is 105 cm³/mol. The molecule has 0 spiro atoms. The number of aliphatic hydroxyl groups excluding tert-OH is 1. The first-order valence-corrected chi connectivity index (χ1v) is 9.06. The highest BCUT2D eigenvalue weighted by molar-refractivity contribution is 6.02. The molecule has 1 unspecified atom stereocenters. The summed E-state index contributed by atoms with van der Waals surface area (Å²) >= 11 is 0. The standard InChI is InChI=1S/C21H21N3O4/c1-23-21(27)16-10-12(20(22)26)9-15-17(11-28-19(15)16)13-3-2-4-18-14(13)5-6-24(18)7-8-25/h2-6,9-10,17,25H,7-8,11H2,1H3,(H2,22,26)(H,23,27). The van der Waals surface area contributed by atoms with E-state index in [4.69, 9.17) is 10.5 Å². The normalized spacial score (nSPS) is 15.3. The van der Waals surface area contributed by atoms with Gasteiger partial charge in [0, 0.05) is 47.7 Å². The molecule has 7 nitrogen and oxygen atoms in total. The van der Waals surface area contributed by atoms with Gasteiger partial charge in [0.25, 0.3) is 5.91 Å². The Labute approximate surface area is 161 Å². The number of aromatic nitrogens is 1. The van der Waals surface area contributed by atoms with E-state index in [-0.39, 0.29) is 24.0 Å². The fourth-order valence-electron chi connectivity index (χ4n) is 3.88. The topological polar surface area (TPSA) is 107 Å².